The van der Waals surface area contributed by atoms with Crippen molar-refractivity contribution in [3.63, 3.8) is 0 Å². The first-order chi connectivity index (χ1) is 9.74. The van der Waals surface area contributed by atoms with Crippen LogP contribution in [0, 0.1) is 6.92 Å². The minimum Gasteiger partial charge on any atom is -0.465 e. The Kier molecular flexibility index (Phi) is 5.84. The molecule has 0 radical (unpaired) electrons. The van der Waals surface area contributed by atoms with E-state index in [1.807, 2.05) is 19.1 Å². The van der Waals surface area contributed by atoms with Crippen molar-refractivity contribution < 1.29 is 4.42 Å². The van der Waals surface area contributed by atoms with Crippen LogP contribution in [-0.2, 0) is 13.1 Å². The van der Waals surface area contributed by atoms with Crippen molar-refractivity contribution >= 4 is 0 Å². The third-order valence-corrected chi connectivity index (χ3v) is 3.28. The van der Waals surface area contributed by atoms with Gasteiger partial charge in [-0.05, 0) is 51.2 Å². The van der Waals surface area contributed by atoms with E-state index < -0.39 is 0 Å². The first-order valence-electron chi connectivity index (χ1n) is 7.22. The number of nitrogens with one attached hydrogen (secondary N) is 1. The fraction of sp³-hybridized carbons (Fsp3) is 0.412. The van der Waals surface area contributed by atoms with Gasteiger partial charge in [0.25, 0.3) is 0 Å². The largest absolute Gasteiger partial charge is 0.465 e. The quantitative estimate of drug-likeness (QED) is 0.748. The van der Waals surface area contributed by atoms with Crippen molar-refractivity contribution in [1.29, 1.82) is 0 Å². The van der Waals surface area contributed by atoms with Gasteiger partial charge in [-0.3, -0.25) is 0 Å². The standard InChI is InChI=1S/C17H24N2O/c1-15-9-10-17(20-15)13-18-11-6-12-19(2)14-16-7-4-3-5-8-16/h3-5,7-10,18H,6,11-14H2,1-2H3. The van der Waals surface area contributed by atoms with Crippen LogP contribution in [-0.4, -0.2) is 25.0 Å². The number of hydrogen-bond acceptors (Lipinski definition) is 3. The summed E-state index contributed by atoms with van der Waals surface area (Å²) in [6, 6.07) is 14.6. The van der Waals surface area contributed by atoms with Gasteiger partial charge in [0.15, 0.2) is 0 Å². The van der Waals surface area contributed by atoms with Crippen molar-refractivity contribution in [2.45, 2.75) is 26.4 Å². The molecule has 0 amide bonds. The maximum atomic E-state index is 5.52. The number of furan rings is 1. The normalized spacial score (nSPS) is 11.2. The SMILES string of the molecule is Cc1ccc(CNCCCN(C)Cc2ccccc2)o1. The van der Waals surface area contributed by atoms with E-state index in [9.17, 15) is 0 Å². The molecule has 1 aromatic carbocycles. The van der Waals surface area contributed by atoms with Crippen LogP contribution in [0.2, 0.25) is 0 Å². The molecule has 2 aromatic rings. The Balaban J connectivity index is 1.56. The molecule has 0 saturated heterocycles. The van der Waals surface area contributed by atoms with Crippen molar-refractivity contribution in [2.24, 2.45) is 0 Å². The van der Waals surface area contributed by atoms with Gasteiger partial charge < -0.3 is 14.6 Å². The number of nitrogens with zero attached hydrogens (tertiary/aromatic N) is 1. The van der Waals surface area contributed by atoms with E-state index in [1.54, 1.807) is 0 Å². The molecule has 0 saturated carbocycles. The Bertz CT molecular complexity index is 493. The molecule has 3 heteroatoms. The molecule has 0 aliphatic carbocycles. The minimum atomic E-state index is 0.816. The molecule has 20 heavy (non-hydrogen) atoms. The van der Waals surface area contributed by atoms with E-state index >= 15 is 0 Å². The van der Waals surface area contributed by atoms with E-state index in [0.717, 1.165) is 44.1 Å². The van der Waals surface area contributed by atoms with Gasteiger partial charge in [-0.1, -0.05) is 30.3 Å². The van der Waals surface area contributed by atoms with Gasteiger partial charge in [0.05, 0.1) is 6.54 Å². The molecule has 0 aliphatic heterocycles. The summed E-state index contributed by atoms with van der Waals surface area (Å²) in [7, 11) is 2.17. The zero-order chi connectivity index (χ0) is 14.2. The summed E-state index contributed by atoms with van der Waals surface area (Å²) in [5.74, 6) is 1.99. The summed E-state index contributed by atoms with van der Waals surface area (Å²) in [4.78, 5) is 2.36. The molecule has 1 aromatic heterocycles. The van der Waals surface area contributed by atoms with Gasteiger partial charge in [-0.2, -0.15) is 0 Å². The summed E-state index contributed by atoms with van der Waals surface area (Å²) in [6.07, 6.45) is 1.14. The predicted molar refractivity (Wildman–Crippen MR) is 82.5 cm³/mol. The first-order valence-corrected chi connectivity index (χ1v) is 7.22. The Morgan fingerprint density at radius 1 is 1.10 bits per heavy atom. The first kappa shape index (κ1) is 14.8. The highest BCUT2D eigenvalue weighted by Crippen LogP contribution is 2.05. The van der Waals surface area contributed by atoms with Crippen molar-refractivity contribution in [2.75, 3.05) is 20.1 Å². The monoisotopic (exact) mass is 272 g/mol. The molecule has 0 fully saturated rings. The Morgan fingerprint density at radius 3 is 2.60 bits per heavy atom. The molecule has 0 atom stereocenters. The van der Waals surface area contributed by atoms with Crippen LogP contribution in [0.15, 0.2) is 46.9 Å². The molecule has 1 heterocycles. The molecule has 108 valence electrons. The third kappa shape index (κ3) is 5.19. The second-order valence-electron chi connectivity index (χ2n) is 5.27. The van der Waals surface area contributed by atoms with E-state index in [2.05, 4.69) is 47.6 Å². The smallest absolute Gasteiger partial charge is 0.117 e. The predicted octanol–water partition coefficient (Wildman–Crippen LogP) is 3.20. The average molecular weight is 272 g/mol. The van der Waals surface area contributed by atoms with Gasteiger partial charge in [0.1, 0.15) is 11.5 Å². The van der Waals surface area contributed by atoms with Crippen molar-refractivity contribution in [1.82, 2.24) is 10.2 Å². The zero-order valence-electron chi connectivity index (χ0n) is 12.4. The van der Waals surface area contributed by atoms with Gasteiger partial charge in [-0.25, -0.2) is 0 Å². The van der Waals surface area contributed by atoms with E-state index in [4.69, 9.17) is 4.42 Å². The molecular formula is C17H24N2O. The second kappa shape index (κ2) is 7.88. The Hall–Kier alpha value is -1.58. The lowest BCUT2D eigenvalue weighted by Crippen LogP contribution is -2.23. The summed E-state index contributed by atoms with van der Waals surface area (Å²) in [5, 5.41) is 3.41. The van der Waals surface area contributed by atoms with Crippen LogP contribution in [0.1, 0.15) is 23.5 Å². The summed E-state index contributed by atoms with van der Waals surface area (Å²) < 4.78 is 5.52. The van der Waals surface area contributed by atoms with Gasteiger partial charge >= 0.3 is 0 Å². The van der Waals surface area contributed by atoms with Crippen LogP contribution >= 0.6 is 0 Å². The maximum absolute atomic E-state index is 5.52. The highest BCUT2D eigenvalue weighted by Gasteiger charge is 2.00. The fourth-order valence-corrected chi connectivity index (χ4v) is 2.24. The molecule has 0 spiro atoms. The van der Waals surface area contributed by atoms with Crippen LogP contribution in [0.25, 0.3) is 0 Å². The third-order valence-electron chi connectivity index (χ3n) is 3.28. The average Bonchev–Trinajstić information content (AvgIpc) is 2.85. The highest BCUT2D eigenvalue weighted by molar-refractivity contribution is 5.14. The zero-order valence-corrected chi connectivity index (χ0v) is 12.4. The molecule has 1 N–H and O–H groups in total. The molecule has 0 bridgehead atoms. The summed E-state index contributed by atoms with van der Waals surface area (Å²) in [5.41, 5.74) is 1.37. The Labute approximate surface area is 121 Å². The fourth-order valence-electron chi connectivity index (χ4n) is 2.24. The lowest BCUT2D eigenvalue weighted by molar-refractivity contribution is 0.318. The molecule has 3 nitrogen and oxygen atoms in total. The molecule has 0 aliphatic rings. The second-order valence-corrected chi connectivity index (χ2v) is 5.27. The molecule has 2 rings (SSSR count). The van der Waals surface area contributed by atoms with Crippen LogP contribution in [0.5, 0.6) is 0 Å². The van der Waals surface area contributed by atoms with E-state index in [-0.39, 0.29) is 0 Å². The van der Waals surface area contributed by atoms with Gasteiger partial charge in [0, 0.05) is 6.54 Å². The number of benzene rings is 1. The lowest BCUT2D eigenvalue weighted by atomic mass is 10.2. The minimum absolute atomic E-state index is 0.816. The van der Waals surface area contributed by atoms with Crippen LogP contribution in [0.4, 0.5) is 0 Å². The Morgan fingerprint density at radius 2 is 1.90 bits per heavy atom. The topological polar surface area (TPSA) is 28.4 Å². The number of rotatable bonds is 8. The van der Waals surface area contributed by atoms with Crippen molar-refractivity contribution in [3.05, 3.63) is 59.5 Å². The molecule has 0 unspecified atom stereocenters. The maximum Gasteiger partial charge on any atom is 0.117 e. The lowest BCUT2D eigenvalue weighted by Gasteiger charge is -2.16. The van der Waals surface area contributed by atoms with Crippen LogP contribution < -0.4 is 5.32 Å². The molecular weight excluding hydrogens is 248 g/mol. The van der Waals surface area contributed by atoms with Gasteiger partial charge in [0.2, 0.25) is 0 Å². The highest BCUT2D eigenvalue weighted by atomic mass is 16.3. The number of aryl methyl sites for hydroxylation is 1. The van der Waals surface area contributed by atoms with Crippen LogP contribution in [0.3, 0.4) is 0 Å². The summed E-state index contributed by atoms with van der Waals surface area (Å²) >= 11 is 0. The van der Waals surface area contributed by atoms with Crippen molar-refractivity contribution in [3.8, 4) is 0 Å². The van der Waals surface area contributed by atoms with Gasteiger partial charge in [-0.15, -0.1) is 0 Å². The van der Waals surface area contributed by atoms with E-state index in [0.29, 0.717) is 0 Å². The number of hydrogen-bond donors (Lipinski definition) is 1. The summed E-state index contributed by atoms with van der Waals surface area (Å²) in [6.45, 7) is 5.91. The van der Waals surface area contributed by atoms with E-state index in [1.165, 1.54) is 5.56 Å².